The fourth-order valence-corrected chi connectivity index (χ4v) is 3.64. The van der Waals surface area contributed by atoms with E-state index in [0.29, 0.717) is 0 Å². The lowest BCUT2D eigenvalue weighted by molar-refractivity contribution is 0.132. The summed E-state index contributed by atoms with van der Waals surface area (Å²) in [6, 6.07) is 10.6. The summed E-state index contributed by atoms with van der Waals surface area (Å²) in [6.07, 6.45) is 3.93. The van der Waals surface area contributed by atoms with Gasteiger partial charge in [0.15, 0.2) is 0 Å². The van der Waals surface area contributed by atoms with Gasteiger partial charge in [0.05, 0.1) is 17.4 Å². The van der Waals surface area contributed by atoms with Gasteiger partial charge in [0, 0.05) is 56.9 Å². The first-order valence-electron chi connectivity index (χ1n) is 9.05. The highest BCUT2D eigenvalue weighted by Gasteiger charge is 2.16. The number of hydrogen-bond acceptors (Lipinski definition) is 4. The van der Waals surface area contributed by atoms with Crippen LogP contribution < -0.4 is 0 Å². The van der Waals surface area contributed by atoms with Crippen LogP contribution >= 0.6 is 0 Å². The highest BCUT2D eigenvalue weighted by molar-refractivity contribution is 5.92. The van der Waals surface area contributed by atoms with Gasteiger partial charge < -0.3 is 4.90 Å². The standard InChI is InChI=1S/C20H25N5/c1-3-24-9-11-25(12-10-24)15-16-7-8-19(21-13-16)18-6-4-5-17-14-22-23(2)20(17)18/h4-8,13-14H,3,9-12,15H2,1-2H3. The van der Waals surface area contributed by atoms with Gasteiger partial charge >= 0.3 is 0 Å². The average Bonchev–Trinajstić information content (AvgIpc) is 3.04. The van der Waals surface area contributed by atoms with Crippen LogP contribution in [0.3, 0.4) is 0 Å². The van der Waals surface area contributed by atoms with Gasteiger partial charge in [-0.1, -0.05) is 31.2 Å². The Morgan fingerprint density at radius 2 is 1.76 bits per heavy atom. The molecule has 1 saturated heterocycles. The van der Waals surface area contributed by atoms with Crippen molar-refractivity contribution in [3.63, 3.8) is 0 Å². The van der Waals surface area contributed by atoms with Crippen LogP contribution in [-0.2, 0) is 13.6 Å². The van der Waals surface area contributed by atoms with Crippen LogP contribution in [0.2, 0.25) is 0 Å². The lowest BCUT2D eigenvalue weighted by atomic mass is 10.1. The Morgan fingerprint density at radius 1 is 0.960 bits per heavy atom. The molecule has 1 fully saturated rings. The fraction of sp³-hybridized carbons (Fsp3) is 0.400. The van der Waals surface area contributed by atoms with Crippen LogP contribution in [-0.4, -0.2) is 57.3 Å². The Balaban J connectivity index is 1.51. The monoisotopic (exact) mass is 335 g/mol. The molecule has 25 heavy (non-hydrogen) atoms. The number of aromatic nitrogens is 3. The molecular formula is C20H25N5. The number of likely N-dealkylation sites (N-methyl/N-ethyl adjacent to an activating group) is 1. The maximum Gasteiger partial charge on any atom is 0.0773 e. The van der Waals surface area contributed by atoms with Crippen LogP contribution in [0.5, 0.6) is 0 Å². The molecule has 0 amide bonds. The van der Waals surface area contributed by atoms with E-state index in [-0.39, 0.29) is 0 Å². The topological polar surface area (TPSA) is 37.2 Å². The highest BCUT2D eigenvalue weighted by atomic mass is 15.3. The zero-order chi connectivity index (χ0) is 17.2. The molecule has 3 heterocycles. The zero-order valence-corrected chi connectivity index (χ0v) is 15.0. The third-order valence-corrected chi connectivity index (χ3v) is 5.18. The van der Waals surface area contributed by atoms with Crippen LogP contribution in [0, 0.1) is 0 Å². The maximum atomic E-state index is 4.74. The zero-order valence-electron chi connectivity index (χ0n) is 15.0. The first-order chi connectivity index (χ1) is 12.2. The number of piperazine rings is 1. The van der Waals surface area contributed by atoms with E-state index in [0.717, 1.165) is 48.3 Å². The minimum absolute atomic E-state index is 0.987. The summed E-state index contributed by atoms with van der Waals surface area (Å²) in [5.41, 5.74) is 4.57. The fourth-order valence-electron chi connectivity index (χ4n) is 3.64. The number of benzene rings is 1. The van der Waals surface area contributed by atoms with E-state index < -0.39 is 0 Å². The number of fused-ring (bicyclic) bond motifs is 1. The van der Waals surface area contributed by atoms with Crippen molar-refractivity contribution in [2.75, 3.05) is 32.7 Å². The molecule has 0 unspecified atom stereocenters. The second kappa shape index (κ2) is 6.94. The van der Waals surface area contributed by atoms with Gasteiger partial charge in [-0.25, -0.2) is 0 Å². The number of para-hydroxylation sites is 1. The molecule has 5 heteroatoms. The Bertz CT molecular complexity index is 844. The van der Waals surface area contributed by atoms with Gasteiger partial charge in [-0.2, -0.15) is 5.10 Å². The molecule has 0 spiro atoms. The van der Waals surface area contributed by atoms with Gasteiger partial charge in [0.1, 0.15) is 0 Å². The van der Waals surface area contributed by atoms with Crippen molar-refractivity contribution in [2.24, 2.45) is 7.05 Å². The second-order valence-corrected chi connectivity index (χ2v) is 6.77. The quantitative estimate of drug-likeness (QED) is 0.735. The molecule has 0 radical (unpaired) electrons. The molecule has 0 bridgehead atoms. The smallest absolute Gasteiger partial charge is 0.0773 e. The highest BCUT2D eigenvalue weighted by Crippen LogP contribution is 2.26. The van der Waals surface area contributed by atoms with Gasteiger partial charge in [-0.05, 0) is 18.2 Å². The summed E-state index contributed by atoms with van der Waals surface area (Å²) in [5, 5.41) is 5.52. The van der Waals surface area contributed by atoms with Crippen LogP contribution in [0.4, 0.5) is 0 Å². The second-order valence-electron chi connectivity index (χ2n) is 6.77. The lowest BCUT2D eigenvalue weighted by Crippen LogP contribution is -2.45. The van der Waals surface area contributed by atoms with Crippen molar-refractivity contribution in [2.45, 2.75) is 13.5 Å². The Hall–Kier alpha value is -2.24. The number of aryl methyl sites for hydroxylation is 1. The molecule has 5 nitrogen and oxygen atoms in total. The van der Waals surface area contributed by atoms with E-state index in [1.54, 1.807) is 0 Å². The van der Waals surface area contributed by atoms with Crippen molar-refractivity contribution >= 4 is 10.9 Å². The van der Waals surface area contributed by atoms with Crippen molar-refractivity contribution in [3.8, 4) is 11.3 Å². The Morgan fingerprint density at radius 3 is 2.48 bits per heavy atom. The predicted octanol–water partition coefficient (Wildman–Crippen LogP) is 2.77. The lowest BCUT2D eigenvalue weighted by Gasteiger charge is -2.33. The van der Waals surface area contributed by atoms with Gasteiger partial charge in [-0.3, -0.25) is 14.6 Å². The predicted molar refractivity (Wildman–Crippen MR) is 101 cm³/mol. The van der Waals surface area contributed by atoms with E-state index in [1.165, 1.54) is 18.7 Å². The molecule has 130 valence electrons. The third kappa shape index (κ3) is 3.30. The molecular weight excluding hydrogens is 310 g/mol. The summed E-state index contributed by atoms with van der Waals surface area (Å²) < 4.78 is 1.92. The summed E-state index contributed by atoms with van der Waals surface area (Å²) in [4.78, 5) is 9.76. The van der Waals surface area contributed by atoms with Crippen molar-refractivity contribution in [1.29, 1.82) is 0 Å². The van der Waals surface area contributed by atoms with Crippen LogP contribution in [0.25, 0.3) is 22.2 Å². The van der Waals surface area contributed by atoms with E-state index in [2.05, 4.69) is 52.2 Å². The largest absolute Gasteiger partial charge is 0.301 e. The minimum atomic E-state index is 0.987. The summed E-state index contributed by atoms with van der Waals surface area (Å²) >= 11 is 0. The Kier molecular flexibility index (Phi) is 4.51. The molecule has 1 aliphatic heterocycles. The minimum Gasteiger partial charge on any atom is -0.301 e. The van der Waals surface area contributed by atoms with Gasteiger partial charge in [0.2, 0.25) is 0 Å². The molecule has 1 aromatic carbocycles. The van der Waals surface area contributed by atoms with Crippen LogP contribution in [0.1, 0.15) is 12.5 Å². The number of pyridine rings is 1. The first kappa shape index (κ1) is 16.2. The van der Waals surface area contributed by atoms with E-state index in [1.807, 2.05) is 24.1 Å². The van der Waals surface area contributed by atoms with Crippen LogP contribution in [0.15, 0.2) is 42.7 Å². The van der Waals surface area contributed by atoms with Gasteiger partial charge in [0.25, 0.3) is 0 Å². The summed E-state index contributed by atoms with van der Waals surface area (Å²) in [6.45, 7) is 9.01. The summed E-state index contributed by atoms with van der Waals surface area (Å²) in [5.74, 6) is 0. The first-order valence-corrected chi connectivity index (χ1v) is 9.05. The van der Waals surface area contributed by atoms with E-state index >= 15 is 0 Å². The number of nitrogens with zero attached hydrogens (tertiary/aromatic N) is 5. The molecule has 1 aliphatic rings. The normalized spacial score (nSPS) is 16.6. The van der Waals surface area contributed by atoms with Gasteiger partial charge in [-0.15, -0.1) is 0 Å². The summed E-state index contributed by atoms with van der Waals surface area (Å²) in [7, 11) is 1.98. The SMILES string of the molecule is CCN1CCN(Cc2ccc(-c3cccc4cnn(C)c34)nc2)CC1. The molecule has 0 atom stereocenters. The van der Waals surface area contributed by atoms with E-state index in [9.17, 15) is 0 Å². The number of rotatable bonds is 4. The Labute approximate surface area is 148 Å². The molecule has 2 aromatic heterocycles. The molecule has 4 rings (SSSR count). The van der Waals surface area contributed by atoms with Crippen molar-refractivity contribution < 1.29 is 0 Å². The van der Waals surface area contributed by atoms with E-state index in [4.69, 9.17) is 4.98 Å². The molecule has 0 saturated carbocycles. The van der Waals surface area contributed by atoms with Crippen molar-refractivity contribution in [1.82, 2.24) is 24.6 Å². The molecule has 3 aromatic rings. The maximum absolute atomic E-state index is 4.74. The third-order valence-electron chi connectivity index (χ3n) is 5.18. The number of hydrogen-bond donors (Lipinski definition) is 0. The molecule has 0 N–H and O–H groups in total. The average molecular weight is 335 g/mol. The van der Waals surface area contributed by atoms with Crippen molar-refractivity contribution in [3.05, 3.63) is 48.3 Å². The molecule has 0 aliphatic carbocycles.